The van der Waals surface area contributed by atoms with Gasteiger partial charge in [0.1, 0.15) is 16.6 Å². The summed E-state index contributed by atoms with van der Waals surface area (Å²) in [5.41, 5.74) is 1.71. The Kier molecular flexibility index (Phi) is 7.52. The largest absolute Gasteiger partial charge is 0.444 e. The predicted octanol–water partition coefficient (Wildman–Crippen LogP) is 3.27. The molecule has 0 unspecified atom stereocenters. The van der Waals surface area contributed by atoms with Crippen molar-refractivity contribution in [3.05, 3.63) is 10.3 Å². The van der Waals surface area contributed by atoms with E-state index in [4.69, 9.17) is 9.47 Å². The molecule has 9 nitrogen and oxygen atoms in total. The number of likely N-dealkylation sites (N-methyl/N-ethyl adjacent to an activating group) is 1. The van der Waals surface area contributed by atoms with Crippen LogP contribution in [0.5, 0.6) is 0 Å². The number of ether oxygens (including phenoxy) is 2. The molecule has 11 heteroatoms. The molecule has 0 saturated heterocycles. The fraction of sp³-hybridized carbons (Fsp3) is 0.647. The van der Waals surface area contributed by atoms with Gasteiger partial charge in [0.25, 0.3) is 0 Å². The zero-order valence-corrected chi connectivity index (χ0v) is 19.5. The number of nitrogens with zero attached hydrogens (tertiary/aromatic N) is 5. The minimum Gasteiger partial charge on any atom is -0.444 e. The highest BCUT2D eigenvalue weighted by Crippen LogP contribution is 2.25. The normalized spacial score (nSPS) is 12.9. The van der Waals surface area contributed by atoms with Crippen LogP contribution < -0.4 is 5.32 Å². The highest BCUT2D eigenvalue weighted by molar-refractivity contribution is 9.10. The lowest BCUT2D eigenvalue weighted by Crippen LogP contribution is -2.36. The van der Waals surface area contributed by atoms with Crippen molar-refractivity contribution in [3.63, 3.8) is 0 Å². The summed E-state index contributed by atoms with van der Waals surface area (Å²) >= 11 is 7.65. The van der Waals surface area contributed by atoms with Crippen LogP contribution in [0.25, 0.3) is 11.0 Å². The Morgan fingerprint density at radius 2 is 2.07 bits per heavy atom. The van der Waals surface area contributed by atoms with Gasteiger partial charge in [-0.3, -0.25) is 0 Å². The van der Waals surface area contributed by atoms with Crippen LogP contribution in [0.3, 0.4) is 0 Å². The van der Waals surface area contributed by atoms with E-state index < -0.39 is 5.60 Å². The van der Waals surface area contributed by atoms with Crippen molar-refractivity contribution in [3.8, 4) is 0 Å². The molecule has 0 fully saturated rings. The number of carbonyl (C=O) groups is 1. The average Bonchev–Trinajstić information content (AvgIpc) is 2.84. The maximum absolute atomic E-state index is 11.9. The van der Waals surface area contributed by atoms with Crippen LogP contribution in [0.4, 0.5) is 10.7 Å². The Bertz CT molecular complexity index is 838. The average molecular weight is 475 g/mol. The second kappa shape index (κ2) is 9.27. The summed E-state index contributed by atoms with van der Waals surface area (Å²) in [7, 11) is 1.68. The number of thiol groups is 1. The number of rotatable bonds is 7. The summed E-state index contributed by atoms with van der Waals surface area (Å²) < 4.78 is 13.0. The zero-order chi connectivity index (χ0) is 21.1. The lowest BCUT2D eigenvalue weighted by Gasteiger charge is -2.24. The summed E-state index contributed by atoms with van der Waals surface area (Å²) in [4.78, 5) is 22.3. The van der Waals surface area contributed by atoms with Crippen LogP contribution in [0, 0.1) is 6.92 Å². The van der Waals surface area contributed by atoms with Crippen LogP contribution in [0.1, 0.15) is 33.4 Å². The second-order valence-electron chi connectivity index (χ2n) is 7.53. The minimum atomic E-state index is -0.512. The number of hydrogen-bond acceptors (Lipinski definition) is 8. The lowest BCUT2D eigenvalue weighted by atomic mass is 10.2. The van der Waals surface area contributed by atoms with Gasteiger partial charge in [-0.15, -0.1) is 0 Å². The highest BCUT2D eigenvalue weighted by atomic mass is 79.9. The Balaban J connectivity index is 1.82. The number of amides is 1. The van der Waals surface area contributed by atoms with Gasteiger partial charge in [0.15, 0.2) is 4.60 Å². The van der Waals surface area contributed by atoms with Gasteiger partial charge < -0.3 is 19.7 Å². The van der Waals surface area contributed by atoms with E-state index in [2.05, 4.69) is 49.1 Å². The molecule has 0 bridgehead atoms. The highest BCUT2D eigenvalue weighted by Gasteiger charge is 2.19. The number of hydrogen-bond donors (Lipinski definition) is 2. The molecule has 2 aromatic heterocycles. The van der Waals surface area contributed by atoms with Crippen molar-refractivity contribution in [2.45, 2.75) is 46.3 Å². The smallest absolute Gasteiger partial charge is 0.410 e. The van der Waals surface area contributed by atoms with Crippen LogP contribution in [-0.2, 0) is 9.47 Å². The number of anilines is 1. The van der Waals surface area contributed by atoms with Gasteiger partial charge in [0.2, 0.25) is 5.95 Å². The summed E-state index contributed by atoms with van der Waals surface area (Å²) in [6.45, 7) is 10.6. The maximum atomic E-state index is 11.9. The molecule has 0 aliphatic rings. The summed E-state index contributed by atoms with van der Waals surface area (Å²) in [5.74, 6) is 0.494. The Labute approximate surface area is 178 Å². The molecule has 2 heterocycles. The Morgan fingerprint density at radius 3 is 2.71 bits per heavy atom. The van der Waals surface area contributed by atoms with Gasteiger partial charge in [-0.05, 0) is 63.4 Å². The molecule has 0 saturated carbocycles. The van der Waals surface area contributed by atoms with Gasteiger partial charge in [-0.25, -0.2) is 18.8 Å². The molecule has 2 aromatic rings. The van der Waals surface area contributed by atoms with E-state index in [1.165, 1.54) is 8.99 Å². The summed E-state index contributed by atoms with van der Waals surface area (Å²) in [6, 6.07) is -0.0199. The van der Waals surface area contributed by atoms with Crippen molar-refractivity contribution >= 4 is 51.8 Å². The third kappa shape index (κ3) is 6.21. The monoisotopic (exact) mass is 474 g/mol. The third-order valence-corrected chi connectivity index (χ3v) is 4.48. The van der Waals surface area contributed by atoms with Crippen molar-refractivity contribution in [2.24, 2.45) is 0 Å². The quantitative estimate of drug-likeness (QED) is 0.469. The lowest BCUT2D eigenvalue weighted by molar-refractivity contribution is 0.0229. The summed E-state index contributed by atoms with van der Waals surface area (Å²) in [6.07, 6.45) is -0.366. The number of halogens is 1. The predicted molar refractivity (Wildman–Crippen MR) is 115 cm³/mol. The fourth-order valence-corrected chi connectivity index (χ4v) is 3.24. The molecule has 0 aliphatic carbocycles. The van der Waals surface area contributed by atoms with Crippen LogP contribution in [-0.4, -0.2) is 68.6 Å². The van der Waals surface area contributed by atoms with E-state index in [1.807, 2.05) is 34.6 Å². The zero-order valence-electron chi connectivity index (χ0n) is 17.0. The SMILES string of the molecule is Cc1nc(N[C@H](C)COCCN(C)C(=O)OC(C)(C)C)nc2c(Br)nn(S)c12. The molecule has 0 aromatic carbocycles. The van der Waals surface area contributed by atoms with Gasteiger partial charge in [0, 0.05) is 19.6 Å². The molecule has 0 spiro atoms. The van der Waals surface area contributed by atoms with E-state index in [-0.39, 0.29) is 12.1 Å². The topological polar surface area (TPSA) is 94.4 Å². The number of aryl methyl sites for hydroxylation is 1. The standard InChI is InChI=1S/C17H27BrN6O3S/c1-10(9-26-8-7-23(6)16(25)27-17(3,4)5)19-15-20-11(2)13-12(21-15)14(18)22-24(13)28/h10,28H,7-9H2,1-6H3,(H,19,20,21)/t10-/m1/s1. The number of nitrogens with one attached hydrogen (secondary N) is 1. The van der Waals surface area contributed by atoms with Gasteiger partial charge in [0.05, 0.1) is 18.9 Å². The first-order valence-corrected chi connectivity index (χ1v) is 10.1. The van der Waals surface area contributed by atoms with Crippen LogP contribution in [0.2, 0.25) is 0 Å². The third-order valence-electron chi connectivity index (χ3n) is 3.66. The maximum Gasteiger partial charge on any atom is 0.410 e. The fourth-order valence-electron chi connectivity index (χ4n) is 2.35. The van der Waals surface area contributed by atoms with Gasteiger partial charge in [-0.2, -0.15) is 5.10 Å². The molecule has 156 valence electrons. The van der Waals surface area contributed by atoms with Gasteiger partial charge >= 0.3 is 6.09 Å². The van der Waals surface area contributed by atoms with E-state index in [1.54, 1.807) is 7.05 Å². The Hall–Kier alpha value is -1.59. The van der Waals surface area contributed by atoms with Crippen LogP contribution in [0.15, 0.2) is 4.60 Å². The molecule has 0 aliphatic heterocycles. The van der Waals surface area contributed by atoms with Crippen molar-refractivity contribution in [2.75, 3.05) is 32.1 Å². The second-order valence-corrected chi connectivity index (χ2v) is 8.66. The van der Waals surface area contributed by atoms with Crippen LogP contribution >= 0.6 is 28.7 Å². The molecule has 1 N–H and O–H groups in total. The Morgan fingerprint density at radius 1 is 1.39 bits per heavy atom. The molecular formula is C17H27BrN6O3S. The minimum absolute atomic E-state index is 0.0199. The molecule has 1 amide bonds. The molecule has 1 atom stereocenters. The van der Waals surface area contributed by atoms with E-state index in [0.29, 0.717) is 35.8 Å². The van der Waals surface area contributed by atoms with Crippen molar-refractivity contribution in [1.82, 2.24) is 24.1 Å². The van der Waals surface area contributed by atoms with E-state index in [9.17, 15) is 4.79 Å². The first-order valence-electron chi connectivity index (χ1n) is 8.88. The first-order chi connectivity index (χ1) is 13.0. The number of fused-ring (bicyclic) bond motifs is 1. The molecule has 2 rings (SSSR count). The van der Waals surface area contributed by atoms with Crippen molar-refractivity contribution < 1.29 is 14.3 Å². The van der Waals surface area contributed by atoms with Crippen molar-refractivity contribution in [1.29, 1.82) is 0 Å². The van der Waals surface area contributed by atoms with E-state index >= 15 is 0 Å². The number of aromatic nitrogens is 4. The van der Waals surface area contributed by atoms with Gasteiger partial charge in [-0.1, -0.05) is 0 Å². The summed E-state index contributed by atoms with van der Waals surface area (Å²) in [5, 5.41) is 7.40. The first kappa shape index (κ1) is 22.7. The molecule has 0 radical (unpaired) electrons. The van der Waals surface area contributed by atoms with E-state index in [0.717, 1.165) is 11.2 Å². The number of carbonyl (C=O) groups excluding carboxylic acids is 1. The molecule has 28 heavy (non-hydrogen) atoms. The molecular weight excluding hydrogens is 448 g/mol.